The van der Waals surface area contributed by atoms with Crippen molar-refractivity contribution >= 4 is 11.0 Å². The highest BCUT2D eigenvalue weighted by molar-refractivity contribution is 5.88. The molecule has 0 amide bonds. The van der Waals surface area contributed by atoms with Crippen LogP contribution in [-0.4, -0.2) is 26.4 Å². The quantitative estimate of drug-likeness (QED) is 0.765. The van der Waals surface area contributed by atoms with E-state index in [0.717, 1.165) is 12.8 Å². The molecule has 0 bridgehead atoms. The molecule has 3 rings (SSSR count). The number of methoxy groups -OCH3 is 1. The third-order valence-corrected chi connectivity index (χ3v) is 3.40. The highest BCUT2D eigenvalue weighted by Gasteiger charge is 2.24. The zero-order valence-corrected chi connectivity index (χ0v) is 12.2. The molecule has 1 fully saturated rings. The number of fused-ring (bicyclic) bond motifs is 1. The van der Waals surface area contributed by atoms with Crippen LogP contribution in [0.25, 0.3) is 11.0 Å². The van der Waals surface area contributed by atoms with Crippen LogP contribution in [0.5, 0.6) is 11.5 Å². The van der Waals surface area contributed by atoms with E-state index in [1.54, 1.807) is 19.2 Å². The van der Waals surface area contributed by atoms with E-state index in [1.165, 1.54) is 6.07 Å². The average Bonchev–Trinajstić information content (AvgIpc) is 3.29. The number of benzene rings is 1. The predicted octanol–water partition coefficient (Wildman–Crippen LogP) is 2.53. The molecule has 112 valence electrons. The molecule has 1 atom stereocenters. The Morgan fingerprint density at radius 2 is 2.10 bits per heavy atom. The first kappa shape index (κ1) is 13.9. The minimum Gasteiger partial charge on any atom is -0.493 e. The van der Waals surface area contributed by atoms with Crippen LogP contribution >= 0.6 is 0 Å². The fourth-order valence-corrected chi connectivity index (χ4v) is 2.26. The van der Waals surface area contributed by atoms with E-state index >= 15 is 0 Å². The molecule has 5 heteroatoms. The fourth-order valence-electron chi connectivity index (χ4n) is 2.26. The summed E-state index contributed by atoms with van der Waals surface area (Å²) >= 11 is 0. The number of hydrogen-bond acceptors (Lipinski definition) is 5. The smallest absolute Gasteiger partial charge is 0.196 e. The van der Waals surface area contributed by atoms with Gasteiger partial charge in [-0.15, -0.1) is 0 Å². The van der Waals surface area contributed by atoms with Gasteiger partial charge in [0.25, 0.3) is 0 Å². The van der Waals surface area contributed by atoms with Gasteiger partial charge in [0.15, 0.2) is 16.8 Å². The van der Waals surface area contributed by atoms with Crippen LogP contribution in [0.2, 0.25) is 0 Å². The van der Waals surface area contributed by atoms with E-state index in [0.29, 0.717) is 41.4 Å². The van der Waals surface area contributed by atoms with Gasteiger partial charge in [-0.1, -0.05) is 6.92 Å². The number of ether oxygens (including phenoxy) is 3. The molecule has 0 saturated carbocycles. The Morgan fingerprint density at radius 1 is 1.33 bits per heavy atom. The van der Waals surface area contributed by atoms with E-state index in [1.807, 2.05) is 6.92 Å². The molecule has 1 aromatic carbocycles. The van der Waals surface area contributed by atoms with Gasteiger partial charge in [0, 0.05) is 12.5 Å². The topological polar surface area (TPSA) is 61.2 Å². The van der Waals surface area contributed by atoms with Gasteiger partial charge >= 0.3 is 0 Å². The number of rotatable bonds is 6. The van der Waals surface area contributed by atoms with Crippen molar-refractivity contribution in [2.24, 2.45) is 0 Å². The summed E-state index contributed by atoms with van der Waals surface area (Å²) in [6.45, 7) is 3.19. The lowest BCUT2D eigenvalue weighted by atomic mass is 10.1. The molecule has 0 spiro atoms. The van der Waals surface area contributed by atoms with Gasteiger partial charge in [-0.05, 0) is 18.6 Å². The van der Waals surface area contributed by atoms with Gasteiger partial charge in [0.1, 0.15) is 29.6 Å². The van der Waals surface area contributed by atoms with E-state index in [2.05, 4.69) is 0 Å². The van der Waals surface area contributed by atoms with Crippen molar-refractivity contribution in [2.45, 2.75) is 25.9 Å². The van der Waals surface area contributed by atoms with E-state index < -0.39 is 0 Å². The first-order chi connectivity index (χ1) is 10.2. The van der Waals surface area contributed by atoms with Crippen LogP contribution in [0.1, 0.15) is 19.1 Å². The summed E-state index contributed by atoms with van der Waals surface area (Å²) in [6.07, 6.45) is 1.76. The lowest BCUT2D eigenvalue weighted by Crippen LogP contribution is -2.09. The fraction of sp³-hybridized carbons (Fsp3) is 0.438. The van der Waals surface area contributed by atoms with Gasteiger partial charge in [-0.25, -0.2) is 0 Å². The average molecular weight is 290 g/mol. The largest absolute Gasteiger partial charge is 0.493 e. The molecule has 1 aromatic heterocycles. The zero-order valence-electron chi connectivity index (χ0n) is 12.2. The maximum Gasteiger partial charge on any atom is 0.196 e. The maximum atomic E-state index is 12.4. The Bertz CT molecular complexity index is 700. The molecule has 21 heavy (non-hydrogen) atoms. The molecule has 5 nitrogen and oxygen atoms in total. The molecule has 1 saturated heterocycles. The van der Waals surface area contributed by atoms with Crippen molar-refractivity contribution in [2.75, 3.05) is 20.3 Å². The molecule has 1 aliphatic heterocycles. The Morgan fingerprint density at radius 3 is 2.76 bits per heavy atom. The lowest BCUT2D eigenvalue weighted by molar-refractivity contribution is 0.265. The SMILES string of the molecule is CCCc1cc(=O)c2c(OC[C@@H]3CO3)ccc(OC)c2o1. The second-order valence-corrected chi connectivity index (χ2v) is 5.06. The van der Waals surface area contributed by atoms with Crippen molar-refractivity contribution in [1.82, 2.24) is 0 Å². The first-order valence-corrected chi connectivity index (χ1v) is 7.11. The van der Waals surface area contributed by atoms with Crippen LogP contribution in [0.4, 0.5) is 0 Å². The molecule has 1 aliphatic rings. The van der Waals surface area contributed by atoms with Crippen LogP contribution in [0, 0.1) is 0 Å². The number of aryl methyl sites for hydroxylation is 1. The second kappa shape index (κ2) is 5.77. The van der Waals surface area contributed by atoms with Gasteiger partial charge < -0.3 is 18.6 Å². The molecular weight excluding hydrogens is 272 g/mol. The van der Waals surface area contributed by atoms with E-state index in [-0.39, 0.29) is 11.5 Å². The van der Waals surface area contributed by atoms with E-state index in [9.17, 15) is 4.79 Å². The first-order valence-electron chi connectivity index (χ1n) is 7.11. The summed E-state index contributed by atoms with van der Waals surface area (Å²) in [6, 6.07) is 5.02. The minimum absolute atomic E-state index is 0.106. The molecule has 0 unspecified atom stereocenters. The third kappa shape index (κ3) is 2.88. The number of hydrogen-bond donors (Lipinski definition) is 0. The van der Waals surface area contributed by atoms with E-state index in [4.69, 9.17) is 18.6 Å². The summed E-state index contributed by atoms with van der Waals surface area (Å²) in [5.74, 6) is 1.71. The Labute approximate surface area is 122 Å². The van der Waals surface area contributed by atoms with Gasteiger partial charge in [-0.2, -0.15) is 0 Å². The summed E-state index contributed by atoms with van der Waals surface area (Å²) in [7, 11) is 1.56. The normalized spacial score (nSPS) is 17.0. The van der Waals surface area contributed by atoms with Crippen molar-refractivity contribution in [3.05, 3.63) is 34.2 Å². The van der Waals surface area contributed by atoms with Gasteiger partial charge in [-0.3, -0.25) is 4.79 Å². The molecule has 2 aromatic rings. The third-order valence-electron chi connectivity index (χ3n) is 3.40. The standard InChI is InChI=1S/C16H18O5/c1-3-4-10-7-12(17)15-13(20-9-11-8-19-11)5-6-14(18-2)16(15)21-10/h5-7,11H,3-4,8-9H2,1-2H3/t11-/m0/s1. The van der Waals surface area contributed by atoms with Crippen LogP contribution in [0.3, 0.4) is 0 Å². The van der Waals surface area contributed by atoms with Crippen molar-refractivity contribution in [3.63, 3.8) is 0 Å². The summed E-state index contributed by atoms with van der Waals surface area (Å²) in [4.78, 5) is 12.4. The lowest BCUT2D eigenvalue weighted by Gasteiger charge is -2.11. The van der Waals surface area contributed by atoms with Crippen molar-refractivity contribution < 1.29 is 18.6 Å². The molecule has 0 radical (unpaired) electrons. The Balaban J connectivity index is 2.09. The van der Waals surface area contributed by atoms with Crippen molar-refractivity contribution in [3.8, 4) is 11.5 Å². The Kier molecular flexibility index (Phi) is 3.84. The molecule has 0 N–H and O–H groups in total. The number of epoxide rings is 1. The summed E-state index contributed by atoms with van der Waals surface area (Å²) in [5, 5.41) is 0.426. The molecular formula is C16H18O5. The summed E-state index contributed by atoms with van der Waals surface area (Å²) in [5.41, 5.74) is 0.341. The predicted molar refractivity (Wildman–Crippen MR) is 78.3 cm³/mol. The van der Waals surface area contributed by atoms with Gasteiger partial charge in [0.2, 0.25) is 0 Å². The van der Waals surface area contributed by atoms with Crippen molar-refractivity contribution in [1.29, 1.82) is 0 Å². The summed E-state index contributed by atoms with van der Waals surface area (Å²) < 4.78 is 21.9. The van der Waals surface area contributed by atoms with Crippen LogP contribution < -0.4 is 14.9 Å². The minimum atomic E-state index is -0.106. The highest BCUT2D eigenvalue weighted by atomic mass is 16.6. The molecule has 0 aliphatic carbocycles. The second-order valence-electron chi connectivity index (χ2n) is 5.06. The van der Waals surface area contributed by atoms with Crippen LogP contribution in [-0.2, 0) is 11.2 Å². The highest BCUT2D eigenvalue weighted by Crippen LogP contribution is 2.32. The Hall–Kier alpha value is -2.01. The zero-order chi connectivity index (χ0) is 14.8. The van der Waals surface area contributed by atoms with Gasteiger partial charge in [0.05, 0.1) is 13.7 Å². The monoisotopic (exact) mass is 290 g/mol. The maximum absolute atomic E-state index is 12.4. The molecule has 2 heterocycles. The van der Waals surface area contributed by atoms with Crippen LogP contribution in [0.15, 0.2) is 27.4 Å².